The highest BCUT2D eigenvalue weighted by Gasteiger charge is 2.10. The van der Waals surface area contributed by atoms with Crippen LogP contribution in [0.3, 0.4) is 0 Å². The molecule has 0 unspecified atom stereocenters. The molecule has 0 bridgehead atoms. The Balaban J connectivity index is 0.00000312. The van der Waals surface area contributed by atoms with E-state index in [1.54, 1.807) is 25.2 Å². The van der Waals surface area contributed by atoms with E-state index in [1.165, 1.54) is 6.07 Å². The van der Waals surface area contributed by atoms with Crippen LogP contribution in [0.25, 0.3) is 0 Å². The minimum absolute atomic E-state index is 0. The average molecular weight is 465 g/mol. The van der Waals surface area contributed by atoms with Gasteiger partial charge in [-0.15, -0.1) is 24.0 Å². The molecular weight excluding hydrogens is 443 g/mol. The maximum Gasteiger partial charge on any atom is 0.387 e. The van der Waals surface area contributed by atoms with Crippen molar-refractivity contribution in [3.63, 3.8) is 0 Å². The summed E-state index contributed by atoms with van der Waals surface area (Å²) in [6.07, 6.45) is 0. The van der Waals surface area contributed by atoms with E-state index in [0.29, 0.717) is 24.6 Å². The zero-order valence-corrected chi connectivity index (χ0v) is 16.6. The third-order valence-corrected chi connectivity index (χ3v) is 3.45. The number of benzene rings is 1. The Bertz CT molecular complexity index is 705. The lowest BCUT2D eigenvalue weighted by molar-refractivity contribution is -0.0504. The van der Waals surface area contributed by atoms with E-state index in [-0.39, 0.29) is 29.7 Å². The smallest absolute Gasteiger partial charge is 0.387 e. The largest absolute Gasteiger partial charge is 0.466 e. The number of halogens is 3. The molecular formula is C17H22F2IN3O2. The van der Waals surface area contributed by atoms with Gasteiger partial charge in [0.15, 0.2) is 5.96 Å². The summed E-state index contributed by atoms with van der Waals surface area (Å²) in [4.78, 5) is 4.12. The number of guanidine groups is 1. The highest BCUT2D eigenvalue weighted by atomic mass is 127. The first-order valence-corrected chi connectivity index (χ1v) is 7.52. The third-order valence-electron chi connectivity index (χ3n) is 3.45. The van der Waals surface area contributed by atoms with Gasteiger partial charge in [-0.2, -0.15) is 8.78 Å². The maximum atomic E-state index is 12.4. The van der Waals surface area contributed by atoms with Crippen LogP contribution in [0.15, 0.2) is 39.7 Å². The van der Waals surface area contributed by atoms with Gasteiger partial charge in [0.25, 0.3) is 0 Å². The number of ether oxygens (including phenoxy) is 1. The number of furan rings is 1. The number of nitrogens with one attached hydrogen (secondary N) is 2. The van der Waals surface area contributed by atoms with Gasteiger partial charge in [0.2, 0.25) is 0 Å². The molecule has 5 nitrogen and oxygen atoms in total. The molecule has 0 amide bonds. The van der Waals surface area contributed by atoms with E-state index < -0.39 is 6.61 Å². The van der Waals surface area contributed by atoms with E-state index in [4.69, 9.17) is 4.42 Å². The molecule has 2 rings (SSSR count). The quantitative estimate of drug-likeness (QED) is 0.385. The van der Waals surface area contributed by atoms with Crippen molar-refractivity contribution in [1.29, 1.82) is 0 Å². The van der Waals surface area contributed by atoms with E-state index in [2.05, 4.69) is 20.4 Å². The lowest BCUT2D eigenvalue weighted by Crippen LogP contribution is -2.36. The molecule has 0 atom stereocenters. The number of nitrogens with zero attached hydrogens (tertiary/aromatic N) is 1. The van der Waals surface area contributed by atoms with Crippen LogP contribution in [0.1, 0.15) is 22.6 Å². The maximum absolute atomic E-state index is 12.4. The molecule has 25 heavy (non-hydrogen) atoms. The fourth-order valence-electron chi connectivity index (χ4n) is 2.30. The summed E-state index contributed by atoms with van der Waals surface area (Å²) in [5, 5.41) is 6.24. The topological polar surface area (TPSA) is 58.8 Å². The van der Waals surface area contributed by atoms with Crippen LogP contribution in [0.2, 0.25) is 0 Å². The zero-order valence-electron chi connectivity index (χ0n) is 14.3. The minimum atomic E-state index is -2.85. The summed E-state index contributed by atoms with van der Waals surface area (Å²) in [5.41, 5.74) is 1.66. The lowest BCUT2D eigenvalue weighted by atomic mass is 10.2. The number of para-hydroxylation sites is 1. The average Bonchev–Trinajstić information content (AvgIpc) is 2.86. The lowest BCUT2D eigenvalue weighted by Gasteiger charge is -2.14. The Hall–Kier alpha value is -1.84. The van der Waals surface area contributed by atoms with E-state index >= 15 is 0 Å². The summed E-state index contributed by atoms with van der Waals surface area (Å²) in [6.45, 7) is 1.81. The second-order valence-corrected chi connectivity index (χ2v) is 5.20. The zero-order chi connectivity index (χ0) is 17.5. The predicted octanol–water partition coefficient (Wildman–Crippen LogP) is 3.98. The van der Waals surface area contributed by atoms with Gasteiger partial charge in [-0.25, -0.2) is 0 Å². The molecule has 0 aliphatic heterocycles. The van der Waals surface area contributed by atoms with E-state index in [1.807, 2.05) is 19.9 Å². The predicted molar refractivity (Wildman–Crippen MR) is 104 cm³/mol. The SMILES string of the molecule is CN=C(NCc1ccccc1OC(F)F)NCc1cc(C)oc1C.I. The van der Waals surface area contributed by atoms with E-state index in [9.17, 15) is 8.78 Å². The van der Waals surface area contributed by atoms with Crippen molar-refractivity contribution in [3.05, 3.63) is 53.0 Å². The van der Waals surface area contributed by atoms with Crippen molar-refractivity contribution >= 4 is 29.9 Å². The highest BCUT2D eigenvalue weighted by Crippen LogP contribution is 2.20. The van der Waals surface area contributed by atoms with Gasteiger partial charge in [0.1, 0.15) is 17.3 Å². The summed E-state index contributed by atoms with van der Waals surface area (Å²) in [5.74, 6) is 2.41. The minimum Gasteiger partial charge on any atom is -0.466 e. The molecule has 8 heteroatoms. The molecule has 1 aromatic carbocycles. The Kier molecular flexibility index (Phi) is 8.67. The number of rotatable bonds is 6. The first-order valence-electron chi connectivity index (χ1n) is 7.52. The van der Waals surface area contributed by atoms with Gasteiger partial charge in [-0.05, 0) is 26.0 Å². The first kappa shape index (κ1) is 21.2. The second-order valence-electron chi connectivity index (χ2n) is 5.20. The monoisotopic (exact) mass is 465 g/mol. The fraction of sp³-hybridized carbons (Fsp3) is 0.353. The molecule has 0 fully saturated rings. The van der Waals surface area contributed by atoms with Gasteiger partial charge in [-0.3, -0.25) is 4.99 Å². The van der Waals surface area contributed by atoms with Gasteiger partial charge < -0.3 is 19.8 Å². The summed E-state index contributed by atoms with van der Waals surface area (Å²) >= 11 is 0. The third kappa shape index (κ3) is 6.52. The van der Waals surface area contributed by atoms with Gasteiger partial charge >= 0.3 is 6.61 Å². The molecule has 0 aliphatic rings. The fourth-order valence-corrected chi connectivity index (χ4v) is 2.30. The second kappa shape index (κ2) is 10.2. The molecule has 1 aromatic heterocycles. The standard InChI is InChI=1S/C17H21F2N3O2.HI/c1-11-8-14(12(2)23-11)10-22-17(20-3)21-9-13-6-4-5-7-15(13)24-16(18)19;/h4-8,16H,9-10H2,1-3H3,(H2,20,21,22);1H. The van der Waals surface area contributed by atoms with Crippen LogP contribution in [0, 0.1) is 13.8 Å². The molecule has 2 N–H and O–H groups in total. The van der Waals surface area contributed by atoms with Crippen molar-refractivity contribution < 1.29 is 17.9 Å². The number of hydrogen-bond acceptors (Lipinski definition) is 3. The first-order chi connectivity index (χ1) is 11.5. The summed E-state index contributed by atoms with van der Waals surface area (Å²) in [7, 11) is 1.64. The van der Waals surface area contributed by atoms with E-state index in [0.717, 1.165) is 17.1 Å². The van der Waals surface area contributed by atoms with Gasteiger partial charge in [0, 0.05) is 31.3 Å². The van der Waals surface area contributed by atoms with Crippen LogP contribution >= 0.6 is 24.0 Å². The van der Waals surface area contributed by atoms with Crippen LogP contribution in [-0.2, 0) is 13.1 Å². The Labute approximate surface area is 162 Å². The van der Waals surface area contributed by atoms with Crippen LogP contribution in [-0.4, -0.2) is 19.6 Å². The van der Waals surface area contributed by atoms with Gasteiger partial charge in [-0.1, -0.05) is 18.2 Å². The molecule has 1 heterocycles. The Morgan fingerprint density at radius 2 is 1.80 bits per heavy atom. The van der Waals surface area contributed by atoms with Crippen molar-refractivity contribution in [2.45, 2.75) is 33.5 Å². The molecule has 0 saturated carbocycles. The van der Waals surface area contributed by atoms with Crippen LogP contribution in [0.5, 0.6) is 5.75 Å². The number of hydrogen-bond donors (Lipinski definition) is 2. The highest BCUT2D eigenvalue weighted by molar-refractivity contribution is 14.0. The Morgan fingerprint density at radius 3 is 2.36 bits per heavy atom. The summed E-state index contributed by atoms with van der Waals surface area (Å²) in [6, 6.07) is 8.61. The molecule has 0 aliphatic carbocycles. The molecule has 2 aromatic rings. The van der Waals surface area contributed by atoms with Crippen molar-refractivity contribution in [2.24, 2.45) is 4.99 Å². The summed E-state index contributed by atoms with van der Waals surface area (Å²) < 4.78 is 34.8. The number of alkyl halides is 2. The number of aliphatic imine (C=N–C) groups is 1. The normalized spacial score (nSPS) is 11.2. The molecule has 0 spiro atoms. The Morgan fingerprint density at radius 1 is 1.16 bits per heavy atom. The van der Waals surface area contributed by atoms with Crippen LogP contribution < -0.4 is 15.4 Å². The molecule has 0 radical (unpaired) electrons. The van der Waals surface area contributed by atoms with Crippen molar-refractivity contribution in [1.82, 2.24) is 10.6 Å². The molecule has 0 saturated heterocycles. The van der Waals surface area contributed by atoms with Crippen molar-refractivity contribution in [2.75, 3.05) is 7.05 Å². The number of aryl methyl sites for hydroxylation is 2. The van der Waals surface area contributed by atoms with Crippen LogP contribution in [0.4, 0.5) is 8.78 Å². The van der Waals surface area contributed by atoms with Crippen molar-refractivity contribution in [3.8, 4) is 5.75 Å². The molecule has 138 valence electrons. The van der Waals surface area contributed by atoms with Gasteiger partial charge in [0.05, 0.1) is 0 Å².